The molecule has 0 spiro atoms. The molecule has 0 saturated heterocycles. The molecule has 0 aliphatic heterocycles. The lowest BCUT2D eigenvalue weighted by molar-refractivity contribution is 0.349. The minimum Gasteiger partial charge on any atom is -0.312 e. The highest BCUT2D eigenvalue weighted by Crippen LogP contribution is 2.17. The number of unbranched alkanes of at least 4 members (excludes halogenated alkanes) is 4. The van der Waals surface area contributed by atoms with Gasteiger partial charge in [0.1, 0.15) is 0 Å². The molecule has 1 nitrogen and oxygen atoms in total. The topological polar surface area (TPSA) is 12.0 Å². The van der Waals surface area contributed by atoms with Crippen LogP contribution in [0.4, 0.5) is 0 Å². The molecule has 1 unspecified atom stereocenters. The summed E-state index contributed by atoms with van der Waals surface area (Å²) in [7, 11) is 0. The van der Waals surface area contributed by atoms with Crippen molar-refractivity contribution in [3.8, 4) is 0 Å². The fourth-order valence-electron chi connectivity index (χ4n) is 2.71. The molecule has 0 bridgehead atoms. The van der Waals surface area contributed by atoms with Crippen LogP contribution >= 0.6 is 0 Å². The molecule has 120 valence electrons. The summed E-state index contributed by atoms with van der Waals surface area (Å²) in [5.74, 6) is 0.758. The van der Waals surface area contributed by atoms with Gasteiger partial charge in [-0.1, -0.05) is 69.4 Å². The largest absolute Gasteiger partial charge is 0.312 e. The lowest BCUT2D eigenvalue weighted by Crippen LogP contribution is -2.39. The molecule has 1 rings (SSSR count). The number of hydrogen-bond donors (Lipinski definition) is 1. The van der Waals surface area contributed by atoms with Gasteiger partial charge in [0.2, 0.25) is 0 Å². The molecule has 0 fully saturated rings. The van der Waals surface area contributed by atoms with Crippen LogP contribution in [-0.4, -0.2) is 12.1 Å². The van der Waals surface area contributed by atoms with E-state index >= 15 is 0 Å². The Bertz CT molecular complexity index is 350. The second kappa shape index (κ2) is 10.00. The number of rotatable bonds is 10. The van der Waals surface area contributed by atoms with Crippen LogP contribution < -0.4 is 5.32 Å². The summed E-state index contributed by atoms with van der Waals surface area (Å²) < 4.78 is 0. The van der Waals surface area contributed by atoms with Crippen molar-refractivity contribution in [2.45, 2.75) is 78.2 Å². The van der Waals surface area contributed by atoms with Gasteiger partial charge in [-0.2, -0.15) is 0 Å². The lowest BCUT2D eigenvalue weighted by Gasteiger charge is -2.25. The highest BCUT2D eigenvalue weighted by atomic mass is 14.9. The number of benzene rings is 1. The van der Waals surface area contributed by atoms with Crippen molar-refractivity contribution in [3.05, 3.63) is 35.9 Å². The first-order valence-corrected chi connectivity index (χ1v) is 8.80. The van der Waals surface area contributed by atoms with Gasteiger partial charge < -0.3 is 5.32 Å². The molecule has 0 aromatic heterocycles. The van der Waals surface area contributed by atoms with Crippen LogP contribution in [0.15, 0.2) is 30.3 Å². The first kappa shape index (κ1) is 18.2. The average Bonchev–Trinajstić information content (AvgIpc) is 2.44. The van der Waals surface area contributed by atoms with E-state index in [4.69, 9.17) is 0 Å². The Morgan fingerprint density at radius 3 is 2.24 bits per heavy atom. The molecule has 0 saturated carbocycles. The third-order valence-electron chi connectivity index (χ3n) is 4.00. The van der Waals surface area contributed by atoms with Crippen LogP contribution in [0, 0.1) is 5.92 Å². The van der Waals surface area contributed by atoms with Crippen LogP contribution in [0.2, 0.25) is 0 Å². The molecule has 1 atom stereocenters. The summed E-state index contributed by atoms with van der Waals surface area (Å²) >= 11 is 0. The maximum Gasteiger partial charge on any atom is 0.00966 e. The first-order chi connectivity index (χ1) is 10.0. The van der Waals surface area contributed by atoms with Crippen LogP contribution in [-0.2, 0) is 6.42 Å². The van der Waals surface area contributed by atoms with Crippen molar-refractivity contribution in [1.82, 2.24) is 5.32 Å². The smallest absolute Gasteiger partial charge is 0.00966 e. The number of hydrogen-bond acceptors (Lipinski definition) is 1. The molecule has 0 radical (unpaired) electrons. The Morgan fingerprint density at radius 1 is 0.952 bits per heavy atom. The Kier molecular flexibility index (Phi) is 8.68. The van der Waals surface area contributed by atoms with Gasteiger partial charge in [-0.05, 0) is 51.6 Å². The third kappa shape index (κ3) is 9.68. The highest BCUT2D eigenvalue weighted by molar-refractivity contribution is 5.15. The molecule has 1 N–H and O–H groups in total. The van der Waals surface area contributed by atoms with E-state index in [1.54, 1.807) is 0 Å². The zero-order valence-corrected chi connectivity index (χ0v) is 14.6. The summed E-state index contributed by atoms with van der Waals surface area (Å²) in [6.07, 6.45) is 9.46. The van der Waals surface area contributed by atoms with Crippen molar-refractivity contribution < 1.29 is 0 Å². The van der Waals surface area contributed by atoms with Gasteiger partial charge in [-0.3, -0.25) is 0 Å². The van der Waals surface area contributed by atoms with Gasteiger partial charge in [-0.15, -0.1) is 0 Å². The molecule has 0 heterocycles. The summed E-state index contributed by atoms with van der Waals surface area (Å²) in [5, 5.41) is 3.69. The fraction of sp³-hybridized carbons (Fsp3) is 0.700. The van der Waals surface area contributed by atoms with Crippen molar-refractivity contribution >= 4 is 0 Å². The van der Waals surface area contributed by atoms with Gasteiger partial charge in [0.15, 0.2) is 0 Å². The molecule has 0 aliphatic rings. The van der Waals surface area contributed by atoms with Crippen molar-refractivity contribution in [2.24, 2.45) is 5.92 Å². The average molecular weight is 290 g/mol. The Hall–Kier alpha value is -0.820. The molecule has 1 aromatic rings. The van der Waals surface area contributed by atoms with E-state index in [2.05, 4.69) is 63.3 Å². The zero-order chi connectivity index (χ0) is 15.6. The predicted molar refractivity (Wildman–Crippen MR) is 94.8 cm³/mol. The normalized spacial score (nSPS) is 13.3. The summed E-state index contributed by atoms with van der Waals surface area (Å²) in [5.41, 5.74) is 1.70. The van der Waals surface area contributed by atoms with E-state index in [1.807, 2.05) is 0 Å². The van der Waals surface area contributed by atoms with Crippen LogP contribution in [0.5, 0.6) is 0 Å². The van der Waals surface area contributed by atoms with Crippen molar-refractivity contribution in [2.75, 3.05) is 6.54 Å². The standard InChI is InChI=1S/C20H35N/c1-5-6-7-8-10-15-19(17-21-20(2,3)4)16-18-13-11-9-12-14-18/h9,11-14,19,21H,5-8,10,15-17H2,1-4H3. The Balaban J connectivity index is 2.41. The van der Waals surface area contributed by atoms with Crippen molar-refractivity contribution in [1.29, 1.82) is 0 Å². The zero-order valence-electron chi connectivity index (χ0n) is 14.6. The summed E-state index contributed by atoms with van der Waals surface area (Å²) in [6, 6.07) is 11.0. The summed E-state index contributed by atoms with van der Waals surface area (Å²) in [6.45, 7) is 10.2. The van der Waals surface area contributed by atoms with Crippen LogP contribution in [0.3, 0.4) is 0 Å². The Morgan fingerprint density at radius 2 is 1.62 bits per heavy atom. The molecule has 0 aliphatic carbocycles. The van der Waals surface area contributed by atoms with Gasteiger partial charge in [0.25, 0.3) is 0 Å². The molecule has 1 aromatic carbocycles. The highest BCUT2D eigenvalue weighted by Gasteiger charge is 2.14. The van der Waals surface area contributed by atoms with E-state index in [-0.39, 0.29) is 5.54 Å². The molecule has 21 heavy (non-hydrogen) atoms. The minimum atomic E-state index is 0.219. The second-order valence-corrected chi connectivity index (χ2v) is 7.39. The fourth-order valence-corrected chi connectivity index (χ4v) is 2.71. The maximum absolute atomic E-state index is 3.69. The van der Waals surface area contributed by atoms with E-state index in [0.717, 1.165) is 12.5 Å². The quantitative estimate of drug-likeness (QED) is 0.553. The van der Waals surface area contributed by atoms with Gasteiger partial charge in [-0.25, -0.2) is 0 Å². The molecule has 0 amide bonds. The van der Waals surface area contributed by atoms with Crippen LogP contribution in [0.25, 0.3) is 0 Å². The minimum absolute atomic E-state index is 0.219. The lowest BCUT2D eigenvalue weighted by atomic mass is 9.92. The maximum atomic E-state index is 3.69. The number of nitrogens with one attached hydrogen (secondary N) is 1. The molecular weight excluding hydrogens is 254 g/mol. The van der Waals surface area contributed by atoms with Gasteiger partial charge in [0.05, 0.1) is 0 Å². The third-order valence-corrected chi connectivity index (χ3v) is 4.00. The van der Waals surface area contributed by atoms with E-state index in [0.29, 0.717) is 0 Å². The van der Waals surface area contributed by atoms with Crippen LogP contribution in [0.1, 0.15) is 71.8 Å². The SMILES string of the molecule is CCCCCCCC(CNC(C)(C)C)Cc1ccccc1. The predicted octanol–water partition coefficient (Wildman–Crippen LogP) is 5.59. The van der Waals surface area contributed by atoms with E-state index in [1.165, 1.54) is 50.5 Å². The monoisotopic (exact) mass is 289 g/mol. The van der Waals surface area contributed by atoms with E-state index in [9.17, 15) is 0 Å². The second-order valence-electron chi connectivity index (χ2n) is 7.39. The summed E-state index contributed by atoms with van der Waals surface area (Å²) in [4.78, 5) is 0. The first-order valence-electron chi connectivity index (χ1n) is 8.80. The molecule has 1 heteroatoms. The molecular formula is C20H35N. The van der Waals surface area contributed by atoms with Gasteiger partial charge >= 0.3 is 0 Å². The van der Waals surface area contributed by atoms with Gasteiger partial charge in [0, 0.05) is 5.54 Å². The van der Waals surface area contributed by atoms with Crippen molar-refractivity contribution in [3.63, 3.8) is 0 Å². The van der Waals surface area contributed by atoms with E-state index < -0.39 is 0 Å². The Labute approximate surface area is 132 Å².